The highest BCUT2D eigenvalue weighted by molar-refractivity contribution is 5.85. The monoisotopic (exact) mass is 617 g/mol. The summed E-state index contributed by atoms with van der Waals surface area (Å²) in [4.78, 5) is 40.5. The van der Waals surface area contributed by atoms with Crippen molar-refractivity contribution in [1.82, 2.24) is 4.90 Å². The van der Waals surface area contributed by atoms with E-state index in [2.05, 4.69) is 0 Å². The van der Waals surface area contributed by atoms with Crippen LogP contribution in [0, 0.1) is 0 Å². The van der Waals surface area contributed by atoms with Crippen molar-refractivity contribution in [3.05, 3.63) is 77.4 Å². The Morgan fingerprint density at radius 2 is 1.57 bits per heavy atom. The maximum atomic E-state index is 14.8. The molecule has 1 aliphatic rings. The smallest absolute Gasteiger partial charge is 0.410 e. The van der Waals surface area contributed by atoms with Gasteiger partial charge in [-0.05, 0) is 63.3 Å². The van der Waals surface area contributed by atoms with Crippen molar-refractivity contribution >= 4 is 23.6 Å². The Balaban J connectivity index is 1.83. The van der Waals surface area contributed by atoms with Crippen molar-refractivity contribution in [2.45, 2.75) is 103 Å². The number of amides is 1. The van der Waals surface area contributed by atoms with E-state index in [9.17, 15) is 27.6 Å². The van der Waals surface area contributed by atoms with Gasteiger partial charge in [-0.2, -0.15) is 0 Å². The van der Waals surface area contributed by atoms with Crippen LogP contribution in [-0.2, 0) is 36.8 Å². The van der Waals surface area contributed by atoms with Crippen LogP contribution in [0.4, 0.5) is 18.0 Å². The van der Waals surface area contributed by atoms with E-state index in [4.69, 9.17) is 14.2 Å². The highest BCUT2D eigenvalue weighted by Gasteiger charge is 2.38. The van der Waals surface area contributed by atoms with Crippen molar-refractivity contribution in [1.29, 1.82) is 0 Å². The molecule has 0 aliphatic heterocycles. The first-order chi connectivity index (χ1) is 20.4. The molecule has 0 spiro atoms. The fraction of sp³-hybridized carbons (Fsp3) is 0.500. The van der Waals surface area contributed by atoms with Gasteiger partial charge in [0.1, 0.15) is 23.9 Å². The zero-order valence-electron chi connectivity index (χ0n) is 26.2. The average molecular weight is 618 g/mol. The molecule has 0 radical (unpaired) electrons. The van der Waals surface area contributed by atoms with E-state index < -0.39 is 53.8 Å². The number of carbonyl (C=O) groups excluding carboxylic acids is 3. The van der Waals surface area contributed by atoms with Gasteiger partial charge in [0.2, 0.25) is 6.10 Å². The zero-order valence-corrected chi connectivity index (χ0v) is 26.2. The summed E-state index contributed by atoms with van der Waals surface area (Å²) in [6.45, 7) is 7.46. The van der Waals surface area contributed by atoms with Gasteiger partial charge in [-0.1, -0.05) is 60.7 Å². The molecule has 0 heterocycles. The van der Waals surface area contributed by atoms with Gasteiger partial charge >= 0.3 is 18.0 Å². The van der Waals surface area contributed by atoms with Crippen molar-refractivity contribution in [2.24, 2.45) is 0 Å². The first-order valence-electron chi connectivity index (χ1n) is 14.6. The quantitative estimate of drug-likeness (QED) is 0.192. The largest absolute Gasteiger partial charge is 0.458 e. The van der Waals surface area contributed by atoms with Crippen LogP contribution in [-0.4, -0.2) is 59.3 Å². The number of likely N-dealkylation sites (N-methyl/N-ethyl adjacent to an activating group) is 1. The molecule has 3 rings (SSSR count). The molecule has 7 nitrogen and oxygen atoms in total. The fourth-order valence-corrected chi connectivity index (χ4v) is 4.64. The molecule has 0 unspecified atom stereocenters. The first kappa shape index (κ1) is 34.7. The van der Waals surface area contributed by atoms with Crippen LogP contribution in [0.3, 0.4) is 0 Å². The van der Waals surface area contributed by atoms with Crippen LogP contribution in [0.5, 0.6) is 0 Å². The molecule has 10 heteroatoms. The van der Waals surface area contributed by atoms with E-state index in [0.717, 1.165) is 21.6 Å². The predicted molar refractivity (Wildman–Crippen MR) is 161 cm³/mol. The third kappa shape index (κ3) is 11.0. The number of hydrogen-bond donors (Lipinski definition) is 0. The Labute approximate surface area is 257 Å². The summed E-state index contributed by atoms with van der Waals surface area (Å²) in [7, 11) is 1.31. The Morgan fingerprint density at radius 3 is 2.11 bits per heavy atom. The molecular formula is C34H42F3NO6. The third-order valence-electron chi connectivity index (χ3n) is 7.00. The minimum Gasteiger partial charge on any atom is -0.458 e. The Hall–Kier alpha value is -3.82. The molecule has 2 atom stereocenters. The number of ether oxygens (including phenoxy) is 3. The number of halogens is 3. The summed E-state index contributed by atoms with van der Waals surface area (Å²) in [5.74, 6) is -4.51. The second kappa shape index (κ2) is 14.3. The molecule has 2 aromatic rings. The third-order valence-corrected chi connectivity index (χ3v) is 7.00. The summed E-state index contributed by atoms with van der Waals surface area (Å²) >= 11 is 0. The molecule has 44 heavy (non-hydrogen) atoms. The molecule has 1 amide bonds. The van der Waals surface area contributed by atoms with Crippen LogP contribution in [0.15, 0.2) is 60.7 Å². The topological polar surface area (TPSA) is 82.1 Å². The van der Waals surface area contributed by atoms with Crippen molar-refractivity contribution in [2.75, 3.05) is 7.05 Å². The summed E-state index contributed by atoms with van der Waals surface area (Å²) < 4.78 is 58.5. The van der Waals surface area contributed by atoms with Crippen LogP contribution >= 0.6 is 0 Å². The SMILES string of the molecule is CN(C(=O)OC(C)(C)C)[C@@H](CC(C)(C)F)C(=O)O[C@H](Cc1ccc(C2=CCC(F)(F)CC2)cc1)C(=O)OCc1ccccc1. The molecule has 0 fully saturated rings. The lowest BCUT2D eigenvalue weighted by atomic mass is 9.91. The molecule has 240 valence electrons. The van der Waals surface area contributed by atoms with E-state index in [1.807, 2.05) is 6.07 Å². The van der Waals surface area contributed by atoms with Crippen LogP contribution < -0.4 is 0 Å². The lowest BCUT2D eigenvalue weighted by Gasteiger charge is -2.32. The van der Waals surface area contributed by atoms with Gasteiger partial charge in [0.05, 0.1) is 0 Å². The number of esters is 2. The lowest BCUT2D eigenvalue weighted by Crippen LogP contribution is -2.49. The van der Waals surface area contributed by atoms with Gasteiger partial charge in [0.25, 0.3) is 5.92 Å². The molecule has 0 bridgehead atoms. The highest BCUT2D eigenvalue weighted by Crippen LogP contribution is 2.36. The molecule has 2 aromatic carbocycles. The molecule has 0 N–H and O–H groups in total. The molecule has 0 saturated carbocycles. The van der Waals surface area contributed by atoms with E-state index in [0.29, 0.717) is 5.56 Å². The first-order valence-corrected chi connectivity index (χ1v) is 14.6. The maximum absolute atomic E-state index is 14.8. The van der Waals surface area contributed by atoms with Crippen molar-refractivity contribution in [3.8, 4) is 0 Å². The molecule has 1 aliphatic carbocycles. The number of benzene rings is 2. The maximum Gasteiger partial charge on any atom is 0.410 e. The summed E-state index contributed by atoms with van der Waals surface area (Å²) in [6.07, 6.45) is -1.49. The van der Waals surface area contributed by atoms with Gasteiger partial charge < -0.3 is 14.2 Å². The van der Waals surface area contributed by atoms with Crippen molar-refractivity contribution in [3.63, 3.8) is 0 Å². The molecular weight excluding hydrogens is 575 g/mol. The van der Waals surface area contributed by atoms with E-state index >= 15 is 0 Å². The Bertz CT molecular complexity index is 1310. The number of nitrogens with zero attached hydrogens (tertiary/aromatic N) is 1. The normalized spacial score (nSPS) is 16.2. The van der Waals surface area contributed by atoms with Gasteiger partial charge in [-0.3, -0.25) is 4.90 Å². The van der Waals surface area contributed by atoms with Crippen LogP contribution in [0.25, 0.3) is 5.57 Å². The van der Waals surface area contributed by atoms with Gasteiger partial charge in [-0.25, -0.2) is 27.6 Å². The number of carbonyl (C=O) groups is 3. The fourth-order valence-electron chi connectivity index (χ4n) is 4.64. The van der Waals surface area contributed by atoms with Crippen molar-refractivity contribution < 1.29 is 41.8 Å². The van der Waals surface area contributed by atoms with E-state index in [1.54, 1.807) is 69.3 Å². The Kier molecular flexibility index (Phi) is 11.3. The van der Waals surface area contributed by atoms with E-state index in [-0.39, 0.29) is 32.3 Å². The van der Waals surface area contributed by atoms with Crippen LogP contribution in [0.1, 0.15) is 77.0 Å². The standard InChI is InChI=1S/C34H42F3NO6/c1-32(2,3)44-31(41)38(6)27(21-33(4,5)35)29(39)43-28(30(40)42-22-24-10-8-7-9-11-24)20-23-12-14-25(15-13-23)26-16-18-34(36,37)19-17-26/h7-16,27-28H,17-22H2,1-6H3/t27-,28+/m0/s1. The average Bonchev–Trinajstić information content (AvgIpc) is 2.93. The van der Waals surface area contributed by atoms with Gasteiger partial charge in [0, 0.05) is 32.7 Å². The van der Waals surface area contributed by atoms with Gasteiger partial charge in [-0.15, -0.1) is 0 Å². The second-order valence-electron chi connectivity index (χ2n) is 12.7. The number of alkyl halides is 3. The molecule has 0 saturated heterocycles. The number of rotatable bonds is 11. The lowest BCUT2D eigenvalue weighted by molar-refractivity contribution is -0.172. The second-order valence-corrected chi connectivity index (χ2v) is 12.7. The van der Waals surface area contributed by atoms with Gasteiger partial charge in [0.15, 0.2) is 0 Å². The summed E-state index contributed by atoms with van der Waals surface area (Å²) in [6, 6.07) is 14.5. The minimum absolute atomic E-state index is 0.0653. The summed E-state index contributed by atoms with van der Waals surface area (Å²) in [5, 5.41) is 0. The highest BCUT2D eigenvalue weighted by atomic mass is 19.3. The van der Waals surface area contributed by atoms with E-state index in [1.165, 1.54) is 27.0 Å². The minimum atomic E-state index is -2.70. The van der Waals surface area contributed by atoms with Crippen LogP contribution in [0.2, 0.25) is 0 Å². The zero-order chi connectivity index (χ0) is 32.7. The predicted octanol–water partition coefficient (Wildman–Crippen LogP) is 7.46. The molecule has 0 aromatic heterocycles. The Morgan fingerprint density at radius 1 is 0.932 bits per heavy atom. The number of allylic oxidation sites excluding steroid dienone is 2. The summed E-state index contributed by atoms with van der Waals surface area (Å²) in [5.41, 5.74) is 0.214. The number of hydrogen-bond acceptors (Lipinski definition) is 6.